The molecule has 0 spiro atoms. The van der Waals surface area contributed by atoms with Crippen molar-refractivity contribution in [3.05, 3.63) is 24.0 Å². The van der Waals surface area contributed by atoms with Gasteiger partial charge in [-0.1, -0.05) is 11.8 Å². The molecule has 0 saturated carbocycles. The minimum absolute atomic E-state index is 0. The Kier molecular flexibility index (Phi) is 6.39. The van der Waals surface area contributed by atoms with Crippen LogP contribution in [-0.2, 0) is 0 Å². The Balaban J connectivity index is 0.00000169. The first-order valence-corrected chi connectivity index (χ1v) is 3.81. The third-order valence-corrected chi connectivity index (χ3v) is 1.22. The normalized spacial score (nSPS) is 9.43. The summed E-state index contributed by atoms with van der Waals surface area (Å²) in [5.74, 6) is -0.139. The van der Waals surface area contributed by atoms with E-state index >= 15 is 0 Å². The van der Waals surface area contributed by atoms with Crippen LogP contribution >= 0.6 is 12.2 Å². The van der Waals surface area contributed by atoms with E-state index in [0.717, 1.165) is 0 Å². The molecule has 0 amide bonds. The molecule has 0 aliphatic carbocycles. The maximum atomic E-state index is 10.6. The van der Waals surface area contributed by atoms with Gasteiger partial charge >= 0.3 is 29.6 Å². The molecule has 0 aliphatic rings. The number of aromatic nitrogens is 1. The second-order valence-corrected chi connectivity index (χ2v) is 2.59. The third kappa shape index (κ3) is 5.13. The van der Waals surface area contributed by atoms with E-state index in [4.69, 9.17) is 5.73 Å². The predicted octanol–water partition coefficient (Wildman–Crippen LogP) is -3.67. The van der Waals surface area contributed by atoms with Crippen molar-refractivity contribution in [2.75, 3.05) is 0 Å². The average Bonchev–Trinajstić information content (AvgIpc) is 2.08. The summed E-state index contributed by atoms with van der Waals surface area (Å²) < 4.78 is 0. The SMILES string of the molecule is NC(=S)N/N=C/c1ccc([O-])cn1.[Na+]. The number of thiocarbonyl (C=S) groups is 1. The number of pyridine rings is 1. The number of hydrazone groups is 1. The van der Waals surface area contributed by atoms with Gasteiger partial charge in [0.15, 0.2) is 5.11 Å². The molecule has 1 heterocycles. The van der Waals surface area contributed by atoms with Crippen molar-refractivity contribution in [2.24, 2.45) is 10.8 Å². The minimum Gasteiger partial charge on any atom is -0.871 e. The zero-order chi connectivity index (χ0) is 9.68. The zero-order valence-corrected chi connectivity index (χ0v) is 10.4. The summed E-state index contributed by atoms with van der Waals surface area (Å²) in [7, 11) is 0. The molecule has 0 fully saturated rings. The van der Waals surface area contributed by atoms with Crippen LogP contribution in [-0.4, -0.2) is 16.3 Å². The molecular weight excluding hydrogens is 211 g/mol. The molecule has 1 rings (SSSR count). The maximum absolute atomic E-state index is 10.6. The van der Waals surface area contributed by atoms with Gasteiger partial charge in [0.1, 0.15) is 0 Å². The first-order chi connectivity index (χ1) is 6.18. The Morgan fingerprint density at radius 1 is 1.64 bits per heavy atom. The van der Waals surface area contributed by atoms with Crippen molar-refractivity contribution in [1.82, 2.24) is 10.4 Å². The van der Waals surface area contributed by atoms with E-state index in [-0.39, 0.29) is 40.4 Å². The monoisotopic (exact) mass is 218 g/mol. The second kappa shape index (κ2) is 6.72. The summed E-state index contributed by atoms with van der Waals surface area (Å²) in [5, 5.41) is 14.4. The van der Waals surface area contributed by atoms with Crippen LogP contribution in [0.25, 0.3) is 0 Å². The topological polar surface area (TPSA) is 86.4 Å². The summed E-state index contributed by atoms with van der Waals surface area (Å²) in [6.45, 7) is 0. The second-order valence-electron chi connectivity index (χ2n) is 2.15. The van der Waals surface area contributed by atoms with E-state index in [0.29, 0.717) is 5.69 Å². The number of nitrogens with one attached hydrogen (secondary N) is 1. The molecule has 7 heteroatoms. The van der Waals surface area contributed by atoms with Crippen LogP contribution < -0.4 is 45.8 Å². The van der Waals surface area contributed by atoms with Crippen molar-refractivity contribution in [3.8, 4) is 5.75 Å². The smallest absolute Gasteiger partial charge is 0.871 e. The Hall–Kier alpha value is -0.690. The van der Waals surface area contributed by atoms with Crippen molar-refractivity contribution in [3.63, 3.8) is 0 Å². The van der Waals surface area contributed by atoms with Crippen molar-refractivity contribution in [1.29, 1.82) is 0 Å². The molecule has 0 bridgehead atoms. The first-order valence-electron chi connectivity index (χ1n) is 3.40. The molecule has 0 radical (unpaired) electrons. The van der Waals surface area contributed by atoms with Gasteiger partial charge in [-0.3, -0.25) is 10.4 Å². The Bertz CT molecular complexity index is 327. The molecule has 0 saturated heterocycles. The van der Waals surface area contributed by atoms with Gasteiger partial charge in [0.05, 0.1) is 11.9 Å². The van der Waals surface area contributed by atoms with Crippen LogP contribution in [0.2, 0.25) is 0 Å². The van der Waals surface area contributed by atoms with Crippen LogP contribution in [0.15, 0.2) is 23.4 Å². The number of rotatable bonds is 2. The largest absolute Gasteiger partial charge is 1.00 e. The Morgan fingerprint density at radius 2 is 2.36 bits per heavy atom. The van der Waals surface area contributed by atoms with E-state index in [2.05, 4.69) is 27.7 Å². The summed E-state index contributed by atoms with van der Waals surface area (Å²) >= 11 is 4.51. The molecule has 68 valence electrons. The summed E-state index contributed by atoms with van der Waals surface area (Å²) in [6, 6.07) is 2.95. The van der Waals surface area contributed by atoms with Crippen molar-refractivity contribution >= 4 is 23.5 Å². The fourth-order valence-corrected chi connectivity index (χ4v) is 0.683. The fraction of sp³-hybridized carbons (Fsp3) is 0. The molecule has 1 aromatic rings. The summed E-state index contributed by atoms with van der Waals surface area (Å²) in [4.78, 5) is 3.79. The van der Waals surface area contributed by atoms with Gasteiger partial charge in [-0.05, 0) is 18.3 Å². The molecule has 0 atom stereocenters. The zero-order valence-electron chi connectivity index (χ0n) is 7.60. The molecule has 0 aliphatic heterocycles. The maximum Gasteiger partial charge on any atom is 1.00 e. The minimum atomic E-state index is -0.139. The van der Waals surface area contributed by atoms with Crippen LogP contribution in [0, 0.1) is 0 Å². The van der Waals surface area contributed by atoms with Gasteiger partial charge in [0, 0.05) is 6.20 Å². The number of nitrogens with zero attached hydrogens (tertiary/aromatic N) is 2. The molecule has 3 N–H and O–H groups in total. The fourth-order valence-electron chi connectivity index (χ4n) is 0.630. The summed E-state index contributed by atoms with van der Waals surface area (Å²) in [5.41, 5.74) is 8.04. The van der Waals surface area contributed by atoms with Gasteiger partial charge in [-0.25, -0.2) is 0 Å². The number of nitrogens with two attached hydrogens (primary N) is 1. The molecule has 5 nitrogen and oxygen atoms in total. The molecule has 1 aromatic heterocycles. The quantitative estimate of drug-likeness (QED) is 0.231. The molecule has 14 heavy (non-hydrogen) atoms. The first kappa shape index (κ1) is 13.3. The van der Waals surface area contributed by atoms with Gasteiger partial charge in [0.25, 0.3) is 0 Å². The van der Waals surface area contributed by atoms with E-state index in [1.807, 2.05) is 0 Å². The van der Waals surface area contributed by atoms with Gasteiger partial charge in [-0.15, -0.1) is 0 Å². The molecule has 0 aromatic carbocycles. The standard InChI is InChI=1S/C7H8N4OS.Na/c8-7(13)11-10-3-5-1-2-6(12)4-9-5;/h1-4,12H,(H3,8,11,13);/q;+1/p-1/b10-3+;. The summed E-state index contributed by atoms with van der Waals surface area (Å²) in [6.07, 6.45) is 2.63. The van der Waals surface area contributed by atoms with E-state index < -0.39 is 0 Å². The molecular formula is C7H7N4NaOS. The van der Waals surface area contributed by atoms with Gasteiger partial charge in [0.2, 0.25) is 0 Å². The van der Waals surface area contributed by atoms with Gasteiger partial charge < -0.3 is 10.8 Å². The van der Waals surface area contributed by atoms with Gasteiger partial charge in [-0.2, -0.15) is 5.10 Å². The average molecular weight is 218 g/mol. The van der Waals surface area contributed by atoms with Crippen LogP contribution in [0.5, 0.6) is 5.75 Å². The van der Waals surface area contributed by atoms with Crippen LogP contribution in [0.4, 0.5) is 0 Å². The Labute approximate surface area is 109 Å². The van der Waals surface area contributed by atoms with Crippen molar-refractivity contribution < 1.29 is 34.7 Å². The van der Waals surface area contributed by atoms with E-state index in [1.165, 1.54) is 18.5 Å². The van der Waals surface area contributed by atoms with Crippen LogP contribution in [0.3, 0.4) is 0 Å². The predicted molar refractivity (Wildman–Crippen MR) is 51.2 cm³/mol. The van der Waals surface area contributed by atoms with E-state index in [9.17, 15) is 5.11 Å². The molecule has 0 unspecified atom stereocenters. The van der Waals surface area contributed by atoms with Crippen molar-refractivity contribution in [2.45, 2.75) is 0 Å². The Morgan fingerprint density at radius 3 is 2.86 bits per heavy atom. The van der Waals surface area contributed by atoms with Crippen LogP contribution in [0.1, 0.15) is 5.69 Å². The number of hydrogen-bond donors (Lipinski definition) is 2. The third-order valence-electron chi connectivity index (χ3n) is 1.13. The number of hydrogen-bond acceptors (Lipinski definition) is 4. The van der Waals surface area contributed by atoms with E-state index in [1.54, 1.807) is 6.07 Å².